The lowest BCUT2D eigenvalue weighted by molar-refractivity contribution is -0.919. The van der Waals surface area contributed by atoms with Gasteiger partial charge < -0.3 is 29.5 Å². The van der Waals surface area contributed by atoms with E-state index in [-0.39, 0.29) is 62.7 Å². The third kappa shape index (κ3) is 5.37. The second-order valence-electron chi connectivity index (χ2n) is 13.8. The number of aromatic hydroxyl groups is 1. The number of fused-ring (bicyclic) bond motifs is 3. The predicted molar refractivity (Wildman–Crippen MR) is 175 cm³/mol. The van der Waals surface area contributed by atoms with Crippen molar-refractivity contribution in [2.45, 2.75) is 63.5 Å². The van der Waals surface area contributed by atoms with Gasteiger partial charge in [0.1, 0.15) is 40.6 Å². The molecule has 0 radical (unpaired) electrons. The molecule has 0 bridgehead atoms. The molecule has 7 rings (SSSR count). The molecular formula is C36H40F2N5O4+. The van der Waals surface area contributed by atoms with Gasteiger partial charge in [0.25, 0.3) is 0 Å². The van der Waals surface area contributed by atoms with E-state index in [4.69, 9.17) is 20.9 Å². The lowest BCUT2D eigenvalue weighted by Crippen LogP contribution is -3.15. The minimum atomic E-state index is -0.989. The van der Waals surface area contributed by atoms with Gasteiger partial charge in [0, 0.05) is 30.5 Å². The van der Waals surface area contributed by atoms with Crippen molar-refractivity contribution >= 4 is 27.5 Å². The first-order chi connectivity index (χ1) is 22.5. The Morgan fingerprint density at radius 1 is 1.11 bits per heavy atom. The zero-order valence-corrected chi connectivity index (χ0v) is 27.0. The van der Waals surface area contributed by atoms with E-state index in [2.05, 4.69) is 22.9 Å². The lowest BCUT2D eigenvalue weighted by atomic mass is 9.76. The maximum absolute atomic E-state index is 17.0. The number of pyridine rings is 1. The van der Waals surface area contributed by atoms with Crippen LogP contribution >= 0.6 is 0 Å². The molecule has 1 saturated carbocycles. The van der Waals surface area contributed by atoms with E-state index >= 15 is 4.39 Å². The number of hydrogen-bond donors (Lipinski definition) is 3. The van der Waals surface area contributed by atoms with Crippen molar-refractivity contribution < 1.29 is 33.4 Å². The molecule has 4 unspecified atom stereocenters. The highest BCUT2D eigenvalue weighted by atomic mass is 19.1. The van der Waals surface area contributed by atoms with E-state index in [1.165, 1.54) is 36.3 Å². The Morgan fingerprint density at radius 2 is 1.91 bits per heavy atom. The van der Waals surface area contributed by atoms with Gasteiger partial charge in [-0.15, -0.1) is 6.42 Å². The number of quaternary nitrogens is 1. The molecule has 3 fully saturated rings. The van der Waals surface area contributed by atoms with Crippen molar-refractivity contribution in [2.24, 2.45) is 5.41 Å². The third-order valence-corrected chi connectivity index (χ3v) is 10.6. The predicted octanol–water partition coefficient (Wildman–Crippen LogP) is 4.40. The standard InChI is InChI=1S/C36H39F2N5O4/c1-5-23-25(37)11-10-21-17-22(44)18-24(27(21)23)30-29(38)31-28(33(39-30)46-4)32(43-16-7-12-35(2,45)19-43)41-34(40-31)47-20-36-13-6-9-26(36)42(3)15-8-14-36/h1,10-11,17-18,26,44-45H,6-9,12-16,19-20H2,2-4H3/p+1. The van der Waals surface area contributed by atoms with Gasteiger partial charge in [-0.25, -0.2) is 13.8 Å². The van der Waals surface area contributed by atoms with E-state index in [0.29, 0.717) is 43.2 Å². The molecule has 246 valence electrons. The molecule has 47 heavy (non-hydrogen) atoms. The summed E-state index contributed by atoms with van der Waals surface area (Å²) < 4.78 is 44.2. The summed E-state index contributed by atoms with van der Waals surface area (Å²) in [6, 6.07) is 5.92. The second-order valence-corrected chi connectivity index (χ2v) is 13.8. The molecule has 2 aromatic heterocycles. The number of nitrogens with one attached hydrogen (secondary N) is 1. The Morgan fingerprint density at radius 3 is 2.68 bits per heavy atom. The molecule has 4 atom stereocenters. The van der Waals surface area contributed by atoms with Gasteiger partial charge in [-0.1, -0.05) is 12.0 Å². The fourth-order valence-electron chi connectivity index (χ4n) is 8.43. The van der Waals surface area contributed by atoms with Crippen LogP contribution in [-0.2, 0) is 0 Å². The zero-order chi connectivity index (χ0) is 33.1. The number of piperidine rings is 2. The van der Waals surface area contributed by atoms with Crippen LogP contribution in [0.25, 0.3) is 32.9 Å². The van der Waals surface area contributed by atoms with E-state index in [1.54, 1.807) is 6.92 Å². The maximum Gasteiger partial charge on any atom is 0.319 e. The molecule has 1 aliphatic carbocycles. The van der Waals surface area contributed by atoms with Crippen molar-refractivity contribution in [3.05, 3.63) is 41.5 Å². The number of phenols is 1. The number of anilines is 1. The largest absolute Gasteiger partial charge is 0.508 e. The van der Waals surface area contributed by atoms with Crippen LogP contribution in [0, 0.1) is 29.4 Å². The number of aromatic nitrogens is 3. The third-order valence-electron chi connectivity index (χ3n) is 10.6. The summed E-state index contributed by atoms with van der Waals surface area (Å²) in [6.45, 7) is 4.14. The summed E-state index contributed by atoms with van der Waals surface area (Å²) in [5.41, 5.74) is -1.30. The average molecular weight is 645 g/mol. The van der Waals surface area contributed by atoms with Gasteiger partial charge in [-0.05, 0) is 69.0 Å². The number of terminal acetylenes is 1. The number of halogens is 2. The van der Waals surface area contributed by atoms with E-state index < -0.39 is 17.2 Å². The summed E-state index contributed by atoms with van der Waals surface area (Å²) in [7, 11) is 3.66. The molecule has 3 N–H and O–H groups in total. The first-order valence-electron chi connectivity index (χ1n) is 16.3. The van der Waals surface area contributed by atoms with Crippen molar-refractivity contribution in [3.8, 4) is 41.2 Å². The highest BCUT2D eigenvalue weighted by Crippen LogP contribution is 2.45. The quantitative estimate of drug-likeness (QED) is 0.266. The van der Waals surface area contributed by atoms with Crippen molar-refractivity contribution in [2.75, 3.05) is 45.3 Å². The molecule has 2 aliphatic heterocycles. The molecule has 4 heterocycles. The van der Waals surface area contributed by atoms with Crippen LogP contribution in [0.2, 0.25) is 0 Å². The summed E-state index contributed by atoms with van der Waals surface area (Å²) in [5.74, 6) is 1.11. The molecule has 11 heteroatoms. The topological polar surface area (TPSA) is 105 Å². The molecule has 3 aliphatic rings. The molecule has 9 nitrogen and oxygen atoms in total. The maximum atomic E-state index is 17.0. The Bertz CT molecular complexity index is 1930. The van der Waals surface area contributed by atoms with Crippen LogP contribution in [-0.4, -0.2) is 77.2 Å². The molecular weight excluding hydrogens is 604 g/mol. The SMILES string of the molecule is C#Cc1c(F)ccc2cc(O)cc(-c3nc(OC)c4c(N5CCCC(C)(O)C5)nc(OCC56CCCC5[NH+](C)CCC6)nc4c3F)c12. The normalized spacial score (nSPS) is 25.9. The van der Waals surface area contributed by atoms with E-state index in [0.717, 1.165) is 38.6 Å². The number of phenolic OH excluding ortho intramolecular Hbond substituents is 1. The Balaban J connectivity index is 1.43. The number of methoxy groups -OCH3 is 1. The fourth-order valence-corrected chi connectivity index (χ4v) is 8.43. The van der Waals surface area contributed by atoms with E-state index in [9.17, 15) is 14.6 Å². The van der Waals surface area contributed by atoms with Crippen LogP contribution in [0.4, 0.5) is 14.6 Å². The van der Waals surface area contributed by atoms with Crippen LogP contribution in [0.5, 0.6) is 17.6 Å². The number of rotatable bonds is 6. The van der Waals surface area contributed by atoms with Crippen molar-refractivity contribution in [1.29, 1.82) is 0 Å². The smallest absolute Gasteiger partial charge is 0.319 e. The number of β-amino-alcohol motifs (C(OH)–C–C–N with tert-alkyl or cyclic N) is 1. The van der Waals surface area contributed by atoms with Gasteiger partial charge in [-0.2, -0.15) is 9.97 Å². The van der Waals surface area contributed by atoms with Crippen LogP contribution in [0.1, 0.15) is 57.4 Å². The zero-order valence-electron chi connectivity index (χ0n) is 27.0. The summed E-state index contributed by atoms with van der Waals surface area (Å²) in [5, 5.41) is 22.5. The average Bonchev–Trinajstić information content (AvgIpc) is 3.49. The Hall–Kier alpha value is -4.27. The number of likely N-dealkylation sites (tertiary alicyclic amines) is 1. The summed E-state index contributed by atoms with van der Waals surface area (Å²) >= 11 is 0. The number of hydrogen-bond acceptors (Lipinski definition) is 8. The molecule has 4 aromatic rings. The Kier molecular flexibility index (Phi) is 7.84. The van der Waals surface area contributed by atoms with Gasteiger partial charge in [0.2, 0.25) is 5.88 Å². The molecule has 0 spiro atoms. The van der Waals surface area contributed by atoms with Gasteiger partial charge in [-0.3, -0.25) is 0 Å². The van der Waals surface area contributed by atoms with E-state index in [1.807, 2.05) is 4.90 Å². The first-order valence-corrected chi connectivity index (χ1v) is 16.3. The minimum Gasteiger partial charge on any atom is -0.508 e. The molecule has 2 saturated heterocycles. The van der Waals surface area contributed by atoms with Crippen LogP contribution < -0.4 is 19.3 Å². The van der Waals surface area contributed by atoms with Crippen molar-refractivity contribution in [1.82, 2.24) is 15.0 Å². The van der Waals surface area contributed by atoms with Gasteiger partial charge >= 0.3 is 6.01 Å². The van der Waals surface area contributed by atoms with Gasteiger partial charge in [0.05, 0.1) is 43.3 Å². The minimum absolute atomic E-state index is 0.00851. The van der Waals surface area contributed by atoms with Gasteiger partial charge in [0.15, 0.2) is 5.82 Å². The molecule has 2 aromatic carbocycles. The van der Waals surface area contributed by atoms with Crippen molar-refractivity contribution in [3.63, 3.8) is 0 Å². The summed E-state index contributed by atoms with van der Waals surface area (Å²) in [6.07, 6.45) is 12.5. The number of aliphatic hydroxyl groups is 1. The number of nitrogens with zero attached hydrogens (tertiary/aromatic N) is 4. The highest BCUT2D eigenvalue weighted by molar-refractivity contribution is 6.04. The lowest BCUT2D eigenvalue weighted by Gasteiger charge is -2.41. The monoisotopic (exact) mass is 644 g/mol. The summed E-state index contributed by atoms with van der Waals surface area (Å²) in [4.78, 5) is 17.4. The van der Waals surface area contributed by atoms with Crippen LogP contribution in [0.15, 0.2) is 24.3 Å². The number of benzene rings is 2. The van der Waals surface area contributed by atoms with Crippen LogP contribution in [0.3, 0.4) is 0 Å². The Labute approximate surface area is 272 Å². The second kappa shape index (κ2) is 11.8. The molecule has 0 amide bonds. The first kappa shape index (κ1) is 31.3. The fraction of sp³-hybridized carbons (Fsp3) is 0.472. The highest BCUT2D eigenvalue weighted by Gasteiger charge is 2.50. The number of ether oxygens (including phenoxy) is 2.